The van der Waals surface area contributed by atoms with Crippen LogP contribution >= 0.6 is 23.6 Å². The molecular weight excluding hydrogens is 921 g/mol. The van der Waals surface area contributed by atoms with Crippen LogP contribution in [-0.4, -0.2) is 68.7 Å². The van der Waals surface area contributed by atoms with Crippen LogP contribution in [0.5, 0.6) is 23.0 Å². The molecule has 0 bridgehead atoms. The van der Waals surface area contributed by atoms with E-state index in [1.807, 2.05) is 54.6 Å². The van der Waals surface area contributed by atoms with E-state index in [1.165, 1.54) is 41.0 Å². The van der Waals surface area contributed by atoms with Gasteiger partial charge in [0.1, 0.15) is 30.4 Å². The van der Waals surface area contributed by atoms with Crippen LogP contribution in [0.15, 0.2) is 104 Å². The number of isothiocyanates is 1. The van der Waals surface area contributed by atoms with Gasteiger partial charge in [-0.15, -0.1) is 11.3 Å². The Morgan fingerprint density at radius 1 is 0.852 bits per heavy atom. The number of thiocarbonyl (C=S) groups is 1. The van der Waals surface area contributed by atoms with E-state index in [0.29, 0.717) is 47.6 Å². The summed E-state index contributed by atoms with van der Waals surface area (Å²) < 4.78 is 61.4. The molecule has 0 saturated carbocycles. The second kappa shape index (κ2) is 21.0. The predicted molar refractivity (Wildman–Crippen MR) is 222 cm³/mol. The van der Waals surface area contributed by atoms with E-state index in [0.717, 1.165) is 38.3 Å². The number of aromatic nitrogens is 6. The molecular formula is C42H30F3N7O6RuS2. The average molecular weight is 951 g/mol. The second-order valence-electron chi connectivity index (χ2n) is 12.1. The molecule has 1 aliphatic rings. The molecule has 1 N–H and O–H groups in total. The topological polar surface area (TPSA) is 175 Å². The molecule has 0 amide bonds. The molecule has 310 valence electrons. The number of carboxylic acids is 1. The molecule has 0 fully saturated rings. The summed E-state index contributed by atoms with van der Waals surface area (Å²) in [6.45, 7) is 0.840. The van der Waals surface area contributed by atoms with Crippen molar-refractivity contribution in [2.45, 2.75) is 6.18 Å². The van der Waals surface area contributed by atoms with Gasteiger partial charge in [0.2, 0.25) is 0 Å². The molecule has 0 radical (unpaired) electrons. The zero-order chi connectivity index (χ0) is 42.6. The minimum atomic E-state index is -4.56. The summed E-state index contributed by atoms with van der Waals surface area (Å²) in [5.74, 6) is 1.58. The molecule has 7 aromatic rings. The van der Waals surface area contributed by atoms with Crippen LogP contribution in [0.2, 0.25) is 0 Å². The van der Waals surface area contributed by atoms with Gasteiger partial charge in [-0.3, -0.25) is 15.0 Å². The van der Waals surface area contributed by atoms with Crippen molar-refractivity contribution in [3.05, 3.63) is 131 Å². The van der Waals surface area contributed by atoms with Crippen LogP contribution in [0.25, 0.3) is 62.2 Å². The van der Waals surface area contributed by atoms with Gasteiger partial charge in [0.15, 0.2) is 11.5 Å². The molecule has 0 saturated heterocycles. The first-order chi connectivity index (χ1) is 29.0. The summed E-state index contributed by atoms with van der Waals surface area (Å²) in [4.78, 5) is 29.8. The third-order valence-electron chi connectivity index (χ3n) is 8.33. The van der Waals surface area contributed by atoms with Crippen molar-refractivity contribution in [2.75, 3.05) is 27.4 Å². The fraction of sp³-hybridized carbons (Fsp3) is 0.119. The number of benzene rings is 1. The van der Waals surface area contributed by atoms with Gasteiger partial charge >= 0.3 is 31.6 Å². The standard InChI is InChI=1S/C25H19F3N3O4S.C16H11N3O2.CNS.Ru/c1-32-15-4-5-16(19(12-15)33-2)24-23-22(34-9-10-35-23)20(36-24)6-3-14-7-8-29-17(11-14)18-13-21(31-30-18)25(26,27)28;20-16(21)11-7-9-18-15(10-11)14-6-3-5-13(19-14)12-4-1-2-8-17-12;2-1-3;/h3-8,11-13H,9-10H2,1-2H3;1-10H,(H,20,21);;/q-1;;-1;+2/b6-3+;;;. The van der Waals surface area contributed by atoms with Gasteiger partial charge in [-0.1, -0.05) is 36.1 Å². The van der Waals surface area contributed by atoms with E-state index in [4.69, 9.17) is 29.5 Å². The number of halogens is 3. The average Bonchev–Trinajstić information content (AvgIpc) is 3.93. The Morgan fingerprint density at radius 2 is 1.54 bits per heavy atom. The zero-order valence-electron chi connectivity index (χ0n) is 31.8. The number of carbonyl (C=O) groups is 1. The SMILES string of the molecule is COc1ccc(-c2sc(/C=C/c3ccnc(-c4cc(C(F)(F)F)n[n-]4)c3)c3c2OCCO3)c(OC)c1.O=C(O)c1ccnc(-c2cccc(-c3ccccn3)n2)c1.[N-]=C=S.[Ru+2]. The van der Waals surface area contributed by atoms with Crippen LogP contribution < -0.4 is 24.0 Å². The van der Waals surface area contributed by atoms with Crippen molar-refractivity contribution in [3.8, 4) is 67.6 Å². The number of thiophene rings is 1. The van der Waals surface area contributed by atoms with Crippen molar-refractivity contribution >= 4 is 46.8 Å². The summed E-state index contributed by atoms with van der Waals surface area (Å²) in [6.07, 6.45) is 3.81. The Kier molecular flexibility index (Phi) is 15.7. The van der Waals surface area contributed by atoms with E-state index in [9.17, 15) is 18.0 Å². The largest absolute Gasteiger partial charge is 2.00 e. The van der Waals surface area contributed by atoms with Crippen molar-refractivity contribution in [2.24, 2.45) is 0 Å². The molecule has 6 aromatic heterocycles. The predicted octanol–water partition coefficient (Wildman–Crippen LogP) is 9.37. The molecule has 13 nitrogen and oxygen atoms in total. The Bertz CT molecular complexity index is 2670. The number of pyridine rings is 4. The van der Waals surface area contributed by atoms with Crippen LogP contribution in [0.4, 0.5) is 13.2 Å². The first-order valence-electron chi connectivity index (χ1n) is 17.5. The van der Waals surface area contributed by atoms with Gasteiger partial charge in [-0.05, 0) is 78.4 Å². The number of carboxylic acid groups (broad SMARTS) is 1. The minimum Gasteiger partial charge on any atom is -0.753 e. The van der Waals surface area contributed by atoms with Gasteiger partial charge in [-0.2, -0.15) is 18.3 Å². The molecule has 1 aliphatic heterocycles. The van der Waals surface area contributed by atoms with Gasteiger partial charge in [0.25, 0.3) is 0 Å². The molecule has 7 heterocycles. The molecule has 1 aromatic carbocycles. The molecule has 0 aliphatic carbocycles. The Labute approximate surface area is 368 Å². The molecule has 0 spiro atoms. The molecule has 8 rings (SSSR count). The van der Waals surface area contributed by atoms with E-state index < -0.39 is 17.8 Å². The number of hydrogen-bond acceptors (Lipinski definition) is 12. The second-order valence-corrected chi connectivity index (χ2v) is 13.3. The number of aromatic carboxylic acids is 1. The van der Waals surface area contributed by atoms with E-state index in [1.54, 1.807) is 44.7 Å². The number of nitrogens with zero attached hydrogens (tertiary/aromatic N) is 7. The van der Waals surface area contributed by atoms with Gasteiger partial charge in [0.05, 0.1) is 52.3 Å². The summed E-state index contributed by atoms with van der Waals surface area (Å²) in [5.41, 5.74) is 3.64. The summed E-state index contributed by atoms with van der Waals surface area (Å²) in [7, 11) is 3.18. The number of ether oxygens (including phenoxy) is 4. The Balaban J connectivity index is 0.000000239. The first-order valence-corrected chi connectivity index (χ1v) is 18.7. The fourth-order valence-corrected chi connectivity index (χ4v) is 6.73. The van der Waals surface area contributed by atoms with Crippen molar-refractivity contribution < 1.29 is 61.5 Å². The maximum atomic E-state index is 12.9. The van der Waals surface area contributed by atoms with E-state index in [-0.39, 0.29) is 36.4 Å². The fourth-order valence-electron chi connectivity index (χ4n) is 5.61. The van der Waals surface area contributed by atoms with Gasteiger partial charge in [-0.25, -0.2) is 9.78 Å². The number of hydrogen-bond donors (Lipinski definition) is 1. The smallest absolute Gasteiger partial charge is 0.753 e. The minimum absolute atomic E-state index is 0. The summed E-state index contributed by atoms with van der Waals surface area (Å²) in [6, 6.07) is 23.9. The zero-order valence-corrected chi connectivity index (χ0v) is 35.2. The van der Waals surface area contributed by atoms with Crippen LogP contribution in [0, 0.1) is 0 Å². The molecule has 19 heteroatoms. The van der Waals surface area contributed by atoms with Crippen molar-refractivity contribution in [3.63, 3.8) is 0 Å². The van der Waals surface area contributed by atoms with E-state index in [2.05, 4.69) is 42.4 Å². The number of rotatable bonds is 9. The van der Waals surface area contributed by atoms with Crippen molar-refractivity contribution in [1.82, 2.24) is 30.1 Å². The molecule has 0 unspecified atom stereocenters. The van der Waals surface area contributed by atoms with Gasteiger partial charge in [0, 0.05) is 35.9 Å². The van der Waals surface area contributed by atoms with E-state index >= 15 is 0 Å². The Hall–Kier alpha value is -6.65. The first kappa shape index (κ1) is 45.4. The quantitative estimate of drug-likeness (QED) is 0.0824. The summed E-state index contributed by atoms with van der Waals surface area (Å²) >= 11 is 5.18. The van der Waals surface area contributed by atoms with Crippen LogP contribution in [0.1, 0.15) is 26.5 Å². The molecule has 61 heavy (non-hydrogen) atoms. The summed E-state index contributed by atoms with van der Waals surface area (Å²) in [5, 5.41) is 24.3. The number of fused-ring (bicyclic) bond motifs is 1. The van der Waals surface area contributed by atoms with Crippen molar-refractivity contribution in [1.29, 1.82) is 0 Å². The number of alkyl halides is 3. The Morgan fingerprint density at radius 3 is 2.21 bits per heavy atom. The monoisotopic (exact) mass is 951 g/mol. The maximum Gasteiger partial charge on any atom is 2.00 e. The number of methoxy groups -OCH3 is 2. The third kappa shape index (κ3) is 11.3. The van der Waals surface area contributed by atoms with Crippen LogP contribution in [0.3, 0.4) is 0 Å². The third-order valence-corrected chi connectivity index (χ3v) is 9.48. The van der Waals surface area contributed by atoms with Crippen LogP contribution in [-0.2, 0) is 25.7 Å². The van der Waals surface area contributed by atoms with Gasteiger partial charge < -0.3 is 39.7 Å². The normalized spacial score (nSPS) is 11.5. The maximum absolute atomic E-state index is 12.9. The molecule has 0 atom stereocenters.